The maximum atomic E-state index is 12.6. The number of nitrogens with zero attached hydrogens (tertiary/aromatic N) is 4. The molecule has 23 heavy (non-hydrogen) atoms. The largest absolute Gasteiger partial charge is 0.379 e. The van der Waals surface area contributed by atoms with E-state index in [0.29, 0.717) is 18.4 Å². The molecule has 0 aliphatic carbocycles. The summed E-state index contributed by atoms with van der Waals surface area (Å²) in [5.74, 6) is 0.709. The van der Waals surface area contributed by atoms with Crippen LogP contribution in [0.4, 0.5) is 0 Å². The molecule has 1 amide bonds. The van der Waals surface area contributed by atoms with Crippen LogP contribution in [0.2, 0.25) is 0 Å². The second-order valence-corrected chi connectivity index (χ2v) is 7.37. The van der Waals surface area contributed by atoms with Crippen molar-refractivity contribution in [1.29, 1.82) is 0 Å². The van der Waals surface area contributed by atoms with Gasteiger partial charge in [-0.25, -0.2) is 4.98 Å². The van der Waals surface area contributed by atoms with E-state index in [2.05, 4.69) is 16.8 Å². The van der Waals surface area contributed by atoms with Crippen LogP contribution in [0, 0.1) is 5.92 Å². The molecule has 0 radical (unpaired) electrons. The number of fused-ring (bicyclic) bond motifs is 1. The number of imidazole rings is 1. The number of carbonyl (C=O) groups excluding carboxylic acids is 1. The second-order valence-electron chi connectivity index (χ2n) is 6.49. The molecule has 2 atom stereocenters. The lowest BCUT2D eigenvalue weighted by Gasteiger charge is -2.33. The Morgan fingerprint density at radius 1 is 1.39 bits per heavy atom. The van der Waals surface area contributed by atoms with Gasteiger partial charge in [0.25, 0.3) is 0 Å². The first-order valence-corrected chi connectivity index (χ1v) is 9.09. The Hall–Kier alpha value is -1.44. The molecule has 6 nitrogen and oxygen atoms in total. The first-order chi connectivity index (χ1) is 11.2. The van der Waals surface area contributed by atoms with Crippen molar-refractivity contribution >= 4 is 22.2 Å². The third kappa shape index (κ3) is 3.00. The van der Waals surface area contributed by atoms with Crippen LogP contribution in [-0.2, 0) is 16.0 Å². The van der Waals surface area contributed by atoms with Gasteiger partial charge in [0.05, 0.1) is 25.3 Å². The normalized spacial score (nSPS) is 26.2. The zero-order chi connectivity index (χ0) is 15.8. The van der Waals surface area contributed by atoms with Crippen LogP contribution >= 0.6 is 11.3 Å². The molecule has 2 aromatic heterocycles. The molecule has 2 aromatic rings. The lowest BCUT2D eigenvalue weighted by molar-refractivity contribution is -0.129. The second kappa shape index (κ2) is 6.22. The highest BCUT2D eigenvalue weighted by molar-refractivity contribution is 7.15. The van der Waals surface area contributed by atoms with Gasteiger partial charge in [-0.3, -0.25) is 14.1 Å². The first kappa shape index (κ1) is 15.1. The molecule has 2 aliphatic heterocycles. The summed E-state index contributed by atoms with van der Waals surface area (Å²) in [5.41, 5.74) is 0.865. The molecule has 0 N–H and O–H groups in total. The predicted molar refractivity (Wildman–Crippen MR) is 88.7 cm³/mol. The van der Waals surface area contributed by atoms with E-state index in [4.69, 9.17) is 4.74 Å². The molecular formula is C16H22N4O2S. The Labute approximate surface area is 139 Å². The van der Waals surface area contributed by atoms with Crippen molar-refractivity contribution < 1.29 is 9.53 Å². The van der Waals surface area contributed by atoms with E-state index in [1.807, 2.05) is 27.1 Å². The summed E-state index contributed by atoms with van der Waals surface area (Å²) < 4.78 is 7.42. The van der Waals surface area contributed by atoms with Gasteiger partial charge in [-0.1, -0.05) is 6.92 Å². The summed E-state index contributed by atoms with van der Waals surface area (Å²) in [5, 5.41) is 2.00. The maximum Gasteiger partial charge on any atom is 0.228 e. The molecule has 0 aromatic carbocycles. The highest BCUT2D eigenvalue weighted by Crippen LogP contribution is 2.23. The summed E-state index contributed by atoms with van der Waals surface area (Å²) in [6.45, 7) is 7.51. The number of likely N-dealkylation sites (tertiary alicyclic amines) is 1. The first-order valence-electron chi connectivity index (χ1n) is 8.21. The fraction of sp³-hybridized carbons (Fsp3) is 0.625. The molecule has 7 heteroatoms. The molecule has 0 bridgehead atoms. The molecule has 124 valence electrons. The SMILES string of the molecule is C[C@@H]1CN(C(=O)Cc2cn3ccsc3n2)C[C@@H]1N1CCOCC1. The third-order valence-electron chi connectivity index (χ3n) is 4.92. The van der Waals surface area contributed by atoms with Gasteiger partial charge >= 0.3 is 0 Å². The molecule has 0 unspecified atom stereocenters. The van der Waals surface area contributed by atoms with Crippen molar-refractivity contribution in [3.8, 4) is 0 Å². The van der Waals surface area contributed by atoms with E-state index in [1.54, 1.807) is 11.3 Å². The maximum absolute atomic E-state index is 12.6. The van der Waals surface area contributed by atoms with Gasteiger partial charge in [0.15, 0.2) is 4.96 Å². The monoisotopic (exact) mass is 334 g/mol. The molecule has 4 rings (SSSR count). The molecular weight excluding hydrogens is 312 g/mol. The van der Waals surface area contributed by atoms with E-state index in [1.165, 1.54) is 0 Å². The van der Waals surface area contributed by atoms with Gasteiger partial charge in [-0.2, -0.15) is 0 Å². The summed E-state index contributed by atoms with van der Waals surface area (Å²) >= 11 is 1.60. The lowest BCUT2D eigenvalue weighted by atomic mass is 10.0. The average molecular weight is 334 g/mol. The molecule has 0 saturated carbocycles. The number of rotatable bonds is 3. The van der Waals surface area contributed by atoms with Gasteiger partial charge in [0.2, 0.25) is 5.91 Å². The highest BCUT2D eigenvalue weighted by atomic mass is 32.1. The van der Waals surface area contributed by atoms with Crippen molar-refractivity contribution in [3.05, 3.63) is 23.5 Å². The number of amides is 1. The summed E-state index contributed by atoms with van der Waals surface area (Å²) in [6, 6.07) is 0.466. The van der Waals surface area contributed by atoms with Crippen LogP contribution in [0.5, 0.6) is 0 Å². The summed E-state index contributed by atoms with van der Waals surface area (Å²) in [6.07, 6.45) is 4.34. The number of ether oxygens (including phenoxy) is 1. The van der Waals surface area contributed by atoms with Crippen molar-refractivity contribution in [1.82, 2.24) is 19.2 Å². The molecule has 2 saturated heterocycles. The quantitative estimate of drug-likeness (QED) is 0.844. The van der Waals surface area contributed by atoms with Gasteiger partial charge < -0.3 is 9.64 Å². The van der Waals surface area contributed by atoms with Gasteiger partial charge in [0, 0.05) is 50.0 Å². The van der Waals surface area contributed by atoms with Gasteiger partial charge in [-0.05, 0) is 5.92 Å². The minimum atomic E-state index is 0.193. The van der Waals surface area contributed by atoms with Gasteiger partial charge in [-0.15, -0.1) is 11.3 Å². The highest BCUT2D eigenvalue weighted by Gasteiger charge is 2.36. The standard InChI is InChI=1S/C16H22N4O2S/c1-12-9-20(11-14(12)18-2-5-22-6-3-18)15(21)8-13-10-19-4-7-23-16(19)17-13/h4,7,10,12,14H,2-3,5-6,8-9,11H2,1H3/t12-,14+/m1/s1. The molecule has 4 heterocycles. The van der Waals surface area contributed by atoms with E-state index in [0.717, 1.165) is 50.0 Å². The van der Waals surface area contributed by atoms with Crippen LogP contribution in [0.1, 0.15) is 12.6 Å². The van der Waals surface area contributed by atoms with Crippen LogP contribution < -0.4 is 0 Å². The summed E-state index contributed by atoms with van der Waals surface area (Å²) in [4.78, 5) is 22.6. The molecule has 2 fully saturated rings. The van der Waals surface area contributed by atoms with E-state index in [9.17, 15) is 4.79 Å². The Kier molecular flexibility index (Phi) is 4.09. The van der Waals surface area contributed by atoms with Crippen molar-refractivity contribution in [3.63, 3.8) is 0 Å². The number of carbonyl (C=O) groups is 1. The van der Waals surface area contributed by atoms with Crippen LogP contribution in [-0.4, -0.2) is 70.5 Å². The number of hydrogen-bond acceptors (Lipinski definition) is 5. The Morgan fingerprint density at radius 3 is 3.00 bits per heavy atom. The van der Waals surface area contributed by atoms with Crippen LogP contribution in [0.15, 0.2) is 17.8 Å². The van der Waals surface area contributed by atoms with Crippen LogP contribution in [0.3, 0.4) is 0 Å². The molecule has 0 spiro atoms. The Morgan fingerprint density at radius 2 is 2.22 bits per heavy atom. The number of hydrogen-bond donors (Lipinski definition) is 0. The van der Waals surface area contributed by atoms with Crippen molar-refractivity contribution in [2.75, 3.05) is 39.4 Å². The lowest BCUT2D eigenvalue weighted by Crippen LogP contribution is -2.47. The number of morpholine rings is 1. The van der Waals surface area contributed by atoms with E-state index >= 15 is 0 Å². The van der Waals surface area contributed by atoms with E-state index in [-0.39, 0.29) is 5.91 Å². The van der Waals surface area contributed by atoms with Crippen LogP contribution in [0.25, 0.3) is 4.96 Å². The number of thiazole rings is 1. The minimum absolute atomic E-state index is 0.193. The zero-order valence-corrected chi connectivity index (χ0v) is 14.2. The minimum Gasteiger partial charge on any atom is -0.379 e. The topological polar surface area (TPSA) is 50.1 Å². The Balaban J connectivity index is 1.39. The number of aromatic nitrogens is 2. The average Bonchev–Trinajstić information content (AvgIpc) is 3.22. The molecule has 2 aliphatic rings. The zero-order valence-electron chi connectivity index (χ0n) is 13.4. The smallest absolute Gasteiger partial charge is 0.228 e. The fourth-order valence-electron chi connectivity index (χ4n) is 3.67. The van der Waals surface area contributed by atoms with Crippen molar-refractivity contribution in [2.24, 2.45) is 5.92 Å². The third-order valence-corrected chi connectivity index (χ3v) is 5.69. The predicted octanol–water partition coefficient (Wildman–Crippen LogP) is 1.12. The fourth-order valence-corrected chi connectivity index (χ4v) is 4.38. The summed E-state index contributed by atoms with van der Waals surface area (Å²) in [7, 11) is 0. The van der Waals surface area contributed by atoms with Crippen molar-refractivity contribution in [2.45, 2.75) is 19.4 Å². The Bertz CT molecular complexity index is 663. The van der Waals surface area contributed by atoms with E-state index < -0.39 is 0 Å². The van der Waals surface area contributed by atoms with Gasteiger partial charge in [0.1, 0.15) is 0 Å².